The molecule has 1 amide bonds. The topological polar surface area (TPSA) is 57.6 Å². The van der Waals surface area contributed by atoms with E-state index in [1.807, 2.05) is 0 Å². The fraction of sp³-hybridized carbons (Fsp3) is 0.636. The van der Waals surface area contributed by atoms with Crippen molar-refractivity contribution in [3.05, 3.63) is 34.9 Å². The van der Waals surface area contributed by atoms with Crippen molar-refractivity contribution >= 4 is 11.7 Å². The van der Waals surface area contributed by atoms with Gasteiger partial charge in [0, 0.05) is 25.9 Å². The number of nitrogens with zero attached hydrogens (tertiary/aromatic N) is 1. The Morgan fingerprint density at radius 2 is 1.44 bits per heavy atom. The van der Waals surface area contributed by atoms with Crippen LogP contribution in [0.1, 0.15) is 56.7 Å². The second-order valence-corrected chi connectivity index (χ2v) is 9.37. The van der Waals surface area contributed by atoms with Crippen LogP contribution in [-0.4, -0.2) is 40.9 Å². The van der Waals surface area contributed by atoms with E-state index in [1.165, 1.54) is 4.90 Å². The van der Waals surface area contributed by atoms with Crippen molar-refractivity contribution in [2.75, 3.05) is 13.1 Å². The van der Waals surface area contributed by atoms with Crippen molar-refractivity contribution in [2.24, 2.45) is 11.3 Å². The molecule has 1 fully saturated rings. The van der Waals surface area contributed by atoms with Gasteiger partial charge in [0.15, 0.2) is 0 Å². The van der Waals surface area contributed by atoms with Crippen molar-refractivity contribution < 1.29 is 41.0 Å². The minimum atomic E-state index is -4.96. The van der Waals surface area contributed by atoms with Crippen molar-refractivity contribution in [1.82, 2.24) is 4.90 Å². The van der Waals surface area contributed by atoms with E-state index in [0.717, 1.165) is 0 Å². The Morgan fingerprint density at radius 3 is 1.84 bits per heavy atom. The number of likely N-dealkylation sites (tertiary alicyclic amines) is 1. The van der Waals surface area contributed by atoms with Crippen LogP contribution in [-0.2, 0) is 28.4 Å². The number of carbonyl (C=O) groups is 2. The fourth-order valence-corrected chi connectivity index (χ4v) is 3.64. The molecule has 1 aromatic rings. The molecule has 1 aliphatic rings. The number of ketones is 1. The zero-order valence-electron chi connectivity index (χ0n) is 18.1. The lowest BCUT2D eigenvalue weighted by Gasteiger charge is -2.36. The minimum Gasteiger partial charge on any atom is -0.383 e. The molecule has 1 saturated heterocycles. The van der Waals surface area contributed by atoms with Crippen LogP contribution in [0.15, 0.2) is 18.2 Å². The van der Waals surface area contributed by atoms with Crippen molar-refractivity contribution in [3.8, 4) is 0 Å². The van der Waals surface area contributed by atoms with E-state index in [4.69, 9.17) is 0 Å². The minimum absolute atomic E-state index is 0.00144. The van der Waals surface area contributed by atoms with E-state index in [9.17, 15) is 41.0 Å². The van der Waals surface area contributed by atoms with Gasteiger partial charge in [-0.2, -0.15) is 26.3 Å². The third-order valence-corrected chi connectivity index (χ3v) is 5.55. The van der Waals surface area contributed by atoms with Crippen molar-refractivity contribution in [2.45, 2.75) is 64.9 Å². The van der Waals surface area contributed by atoms with Crippen LogP contribution in [0, 0.1) is 11.3 Å². The quantitative estimate of drug-likeness (QED) is 0.629. The van der Waals surface area contributed by atoms with Crippen LogP contribution < -0.4 is 0 Å². The number of alkyl halides is 6. The highest BCUT2D eigenvalue weighted by molar-refractivity contribution is 5.82. The van der Waals surface area contributed by atoms with Gasteiger partial charge in [0.05, 0.1) is 11.1 Å². The molecule has 2 rings (SSSR count). The van der Waals surface area contributed by atoms with Crippen LogP contribution in [0.5, 0.6) is 0 Å². The highest BCUT2D eigenvalue weighted by Gasteiger charge is 2.37. The van der Waals surface area contributed by atoms with E-state index >= 15 is 0 Å². The molecule has 0 saturated carbocycles. The van der Waals surface area contributed by atoms with Gasteiger partial charge in [0.1, 0.15) is 11.9 Å². The first-order chi connectivity index (χ1) is 14.5. The number of halogens is 6. The summed E-state index contributed by atoms with van der Waals surface area (Å²) in [7, 11) is 0. The molecule has 1 atom stereocenters. The molecule has 0 bridgehead atoms. The molecule has 0 aromatic heterocycles. The molecule has 0 radical (unpaired) electrons. The maximum atomic E-state index is 13.0. The van der Waals surface area contributed by atoms with Gasteiger partial charge >= 0.3 is 12.4 Å². The summed E-state index contributed by atoms with van der Waals surface area (Å²) in [4.78, 5) is 26.3. The molecule has 0 spiro atoms. The van der Waals surface area contributed by atoms with Gasteiger partial charge in [0.2, 0.25) is 0 Å². The maximum absolute atomic E-state index is 13.0. The number of amides is 1. The second-order valence-electron chi connectivity index (χ2n) is 9.37. The van der Waals surface area contributed by atoms with Gasteiger partial charge < -0.3 is 10.0 Å². The molecule has 0 unspecified atom stereocenters. The van der Waals surface area contributed by atoms with Gasteiger partial charge in [-0.25, -0.2) is 0 Å². The van der Waals surface area contributed by atoms with E-state index < -0.39 is 53.1 Å². The monoisotopic (exact) mass is 467 g/mol. The summed E-state index contributed by atoms with van der Waals surface area (Å²) in [5.41, 5.74) is -3.85. The van der Waals surface area contributed by atoms with Crippen LogP contribution in [0.3, 0.4) is 0 Å². The van der Waals surface area contributed by atoms with Crippen LogP contribution >= 0.6 is 0 Å². The summed E-state index contributed by atoms with van der Waals surface area (Å²) in [6.07, 6.45) is -10.7. The molecule has 180 valence electrons. The summed E-state index contributed by atoms with van der Waals surface area (Å²) < 4.78 is 77.9. The van der Waals surface area contributed by atoms with Crippen LogP contribution in [0.25, 0.3) is 0 Å². The van der Waals surface area contributed by atoms with Crippen molar-refractivity contribution in [1.29, 1.82) is 0 Å². The number of aliphatic hydroxyl groups excluding tert-OH is 1. The fourth-order valence-electron chi connectivity index (χ4n) is 3.64. The number of piperidine rings is 1. The molecule has 1 heterocycles. The largest absolute Gasteiger partial charge is 0.416 e. The molecule has 32 heavy (non-hydrogen) atoms. The molecular weight excluding hydrogens is 440 g/mol. The van der Waals surface area contributed by atoms with Gasteiger partial charge in [-0.1, -0.05) is 20.8 Å². The summed E-state index contributed by atoms with van der Waals surface area (Å²) in [5.74, 6) is -0.992. The van der Waals surface area contributed by atoms with E-state index in [-0.39, 0.29) is 24.0 Å². The number of carbonyl (C=O) groups excluding carboxylic acids is 2. The second kappa shape index (κ2) is 9.41. The first-order valence-corrected chi connectivity index (χ1v) is 10.3. The van der Waals surface area contributed by atoms with E-state index in [0.29, 0.717) is 38.1 Å². The number of hydrogen-bond acceptors (Lipinski definition) is 3. The molecule has 1 aromatic carbocycles. The number of rotatable bonds is 5. The van der Waals surface area contributed by atoms with E-state index in [1.54, 1.807) is 20.8 Å². The highest BCUT2D eigenvalue weighted by atomic mass is 19.4. The Labute approximate surface area is 182 Å². The Balaban J connectivity index is 2.00. The number of benzene rings is 1. The molecule has 4 nitrogen and oxygen atoms in total. The zero-order valence-corrected chi connectivity index (χ0v) is 18.1. The smallest absolute Gasteiger partial charge is 0.383 e. The number of aliphatic hydroxyl groups is 1. The standard InChI is InChI=1S/C22H27F6NO3/c1-20(2,3)18(31)19(32)29-6-4-13(5-7-29)10-17(30)11-14-8-15(21(23,24)25)12-16(9-14)22(26,27)28/h8-9,12-13,18,31H,4-7,10-11H2,1-3H3/t18-/m0/s1. The average Bonchev–Trinajstić information content (AvgIpc) is 2.65. The molecule has 1 aliphatic heterocycles. The van der Waals surface area contributed by atoms with Crippen molar-refractivity contribution in [3.63, 3.8) is 0 Å². The number of hydrogen-bond donors (Lipinski definition) is 1. The number of Topliss-reactive ketones (excluding diaryl/α,β-unsaturated/α-hetero) is 1. The first-order valence-electron chi connectivity index (χ1n) is 10.3. The Bertz CT molecular complexity index is 801. The Hall–Kier alpha value is -2.10. The third kappa shape index (κ3) is 6.95. The molecule has 0 aliphatic carbocycles. The van der Waals surface area contributed by atoms with Crippen LogP contribution in [0.4, 0.5) is 26.3 Å². The lowest BCUT2D eigenvalue weighted by molar-refractivity contribution is -0.147. The summed E-state index contributed by atoms with van der Waals surface area (Å²) in [6, 6.07) is 1.18. The zero-order chi connectivity index (χ0) is 24.5. The predicted molar refractivity (Wildman–Crippen MR) is 105 cm³/mol. The normalized spacial score (nSPS) is 17.4. The highest BCUT2D eigenvalue weighted by Crippen LogP contribution is 2.36. The van der Waals surface area contributed by atoms with Gasteiger partial charge in [-0.3, -0.25) is 9.59 Å². The van der Waals surface area contributed by atoms with Gasteiger partial charge in [0.25, 0.3) is 5.91 Å². The Morgan fingerprint density at radius 1 is 0.969 bits per heavy atom. The molecule has 10 heteroatoms. The lowest BCUT2D eigenvalue weighted by Crippen LogP contribution is -2.48. The summed E-state index contributed by atoms with van der Waals surface area (Å²) >= 11 is 0. The first kappa shape index (κ1) is 26.2. The molecular formula is C22H27F6NO3. The van der Waals surface area contributed by atoms with E-state index in [2.05, 4.69) is 0 Å². The van der Waals surface area contributed by atoms with Crippen LogP contribution in [0.2, 0.25) is 0 Å². The predicted octanol–water partition coefficient (Wildman–Crippen LogP) is 4.87. The Kier molecular flexibility index (Phi) is 7.69. The summed E-state index contributed by atoms with van der Waals surface area (Å²) in [6.45, 7) is 5.86. The SMILES string of the molecule is CC(C)(C)[C@@H](O)C(=O)N1CCC(CC(=O)Cc2cc(C(F)(F)F)cc(C(F)(F)F)c2)CC1. The lowest BCUT2D eigenvalue weighted by atomic mass is 9.86. The molecule has 1 N–H and O–H groups in total. The average molecular weight is 467 g/mol. The van der Waals surface area contributed by atoms with Gasteiger partial charge in [-0.15, -0.1) is 0 Å². The third-order valence-electron chi connectivity index (χ3n) is 5.55. The maximum Gasteiger partial charge on any atom is 0.416 e. The van der Waals surface area contributed by atoms with Gasteiger partial charge in [-0.05, 0) is 47.9 Å². The summed E-state index contributed by atoms with van der Waals surface area (Å²) in [5, 5.41) is 10.1.